The number of ether oxygens (including phenoxy) is 1. The second kappa shape index (κ2) is 5.66. The van der Waals surface area contributed by atoms with E-state index in [9.17, 15) is 13.2 Å². The average Bonchev–Trinajstić information content (AvgIpc) is 2.72. The Morgan fingerprint density at radius 2 is 2.06 bits per heavy atom. The maximum Gasteiger partial charge on any atom is 0.411 e. The molecule has 0 fully saturated rings. The van der Waals surface area contributed by atoms with Crippen molar-refractivity contribution in [3.8, 4) is 0 Å². The lowest BCUT2D eigenvalue weighted by Crippen LogP contribution is -2.33. The van der Waals surface area contributed by atoms with Gasteiger partial charge in [-0.1, -0.05) is 12.1 Å². The van der Waals surface area contributed by atoms with E-state index in [0.717, 1.165) is 0 Å². The van der Waals surface area contributed by atoms with Crippen molar-refractivity contribution < 1.29 is 22.4 Å². The van der Waals surface area contributed by atoms with E-state index in [1.165, 1.54) is 0 Å². The van der Waals surface area contributed by atoms with Gasteiger partial charge in [0.1, 0.15) is 6.61 Å². The van der Waals surface area contributed by atoms with Crippen LogP contribution in [0.15, 0.2) is 4.52 Å². The topological polar surface area (TPSA) is 74.2 Å². The lowest BCUT2D eigenvalue weighted by atomic mass is 10.0. The summed E-state index contributed by atoms with van der Waals surface area (Å²) in [6.07, 6.45) is -3.57. The molecule has 0 spiro atoms. The van der Waals surface area contributed by atoms with Crippen molar-refractivity contribution in [2.75, 3.05) is 13.2 Å². The largest absolute Gasteiger partial charge is 0.411 e. The summed E-state index contributed by atoms with van der Waals surface area (Å²) >= 11 is 0. The van der Waals surface area contributed by atoms with Gasteiger partial charge in [-0.2, -0.15) is 18.2 Å². The first-order chi connectivity index (χ1) is 8.24. The average molecular weight is 267 g/mol. The van der Waals surface area contributed by atoms with Crippen molar-refractivity contribution in [3.63, 3.8) is 0 Å². The van der Waals surface area contributed by atoms with E-state index in [4.69, 9.17) is 10.3 Å². The van der Waals surface area contributed by atoms with Gasteiger partial charge in [-0.3, -0.25) is 0 Å². The van der Waals surface area contributed by atoms with Crippen LogP contribution in [0, 0.1) is 0 Å². The first-order valence-electron chi connectivity index (χ1n) is 5.51. The molecule has 0 saturated carbocycles. The molecular formula is C10H16F3N3O2. The van der Waals surface area contributed by atoms with Crippen LogP contribution >= 0.6 is 0 Å². The maximum absolute atomic E-state index is 11.8. The fraction of sp³-hybridized carbons (Fsp3) is 0.800. The Balaban J connectivity index is 2.41. The van der Waals surface area contributed by atoms with E-state index in [0.29, 0.717) is 12.2 Å². The number of aromatic nitrogens is 2. The van der Waals surface area contributed by atoms with Crippen LogP contribution in [0.2, 0.25) is 0 Å². The molecule has 0 aliphatic heterocycles. The van der Waals surface area contributed by atoms with Crippen LogP contribution in [0.5, 0.6) is 0 Å². The van der Waals surface area contributed by atoms with E-state index in [1.807, 2.05) is 6.92 Å². The molecule has 0 aliphatic rings. The summed E-state index contributed by atoms with van der Waals surface area (Å²) in [6.45, 7) is 2.22. The van der Waals surface area contributed by atoms with Crippen LogP contribution in [0.3, 0.4) is 0 Å². The molecule has 1 aromatic heterocycles. The van der Waals surface area contributed by atoms with Crippen molar-refractivity contribution >= 4 is 0 Å². The molecule has 0 amide bonds. The van der Waals surface area contributed by atoms with Gasteiger partial charge in [0.15, 0.2) is 5.82 Å². The molecule has 1 unspecified atom stereocenters. The first-order valence-corrected chi connectivity index (χ1v) is 5.51. The molecule has 0 aromatic carbocycles. The Morgan fingerprint density at radius 1 is 1.39 bits per heavy atom. The zero-order valence-electron chi connectivity index (χ0n) is 10.3. The van der Waals surface area contributed by atoms with E-state index >= 15 is 0 Å². The van der Waals surface area contributed by atoms with Crippen molar-refractivity contribution in [2.45, 2.75) is 38.4 Å². The Kier molecular flexibility index (Phi) is 4.69. The molecule has 8 heteroatoms. The van der Waals surface area contributed by atoms with Gasteiger partial charge < -0.3 is 15.0 Å². The minimum absolute atomic E-state index is 0.128. The lowest BCUT2D eigenvalue weighted by molar-refractivity contribution is -0.173. The van der Waals surface area contributed by atoms with Gasteiger partial charge in [-0.05, 0) is 13.3 Å². The molecule has 0 aliphatic carbocycles. The second-order valence-electron chi connectivity index (χ2n) is 4.20. The normalized spacial score (nSPS) is 15.7. The van der Waals surface area contributed by atoms with E-state index in [1.54, 1.807) is 6.92 Å². The smallest absolute Gasteiger partial charge is 0.372 e. The van der Waals surface area contributed by atoms with Gasteiger partial charge in [0, 0.05) is 0 Å². The SMILES string of the molecule is CCC(C)(N)c1noc(CCOCC(F)(F)F)n1. The number of hydrogen-bond acceptors (Lipinski definition) is 5. The number of nitrogens with zero attached hydrogens (tertiary/aromatic N) is 2. The third-order valence-corrected chi connectivity index (χ3v) is 2.44. The highest BCUT2D eigenvalue weighted by Gasteiger charge is 2.28. The Hall–Kier alpha value is -1.15. The molecule has 1 rings (SSSR count). The molecule has 0 bridgehead atoms. The van der Waals surface area contributed by atoms with Crippen LogP contribution in [0.1, 0.15) is 32.0 Å². The number of alkyl halides is 3. The van der Waals surface area contributed by atoms with E-state index < -0.39 is 18.3 Å². The molecule has 1 atom stereocenters. The zero-order chi connectivity index (χ0) is 13.8. The molecule has 1 heterocycles. The fourth-order valence-electron chi connectivity index (χ4n) is 1.09. The van der Waals surface area contributed by atoms with Crippen LogP contribution in [0.4, 0.5) is 13.2 Å². The molecular weight excluding hydrogens is 251 g/mol. The molecule has 104 valence electrons. The molecule has 2 N–H and O–H groups in total. The number of rotatable bonds is 6. The molecule has 0 radical (unpaired) electrons. The highest BCUT2D eigenvalue weighted by molar-refractivity contribution is 5.00. The highest BCUT2D eigenvalue weighted by atomic mass is 19.4. The predicted molar refractivity (Wildman–Crippen MR) is 56.7 cm³/mol. The molecule has 0 saturated heterocycles. The summed E-state index contributed by atoms with van der Waals surface area (Å²) in [5.74, 6) is 0.563. The van der Waals surface area contributed by atoms with Crippen LogP contribution in [-0.4, -0.2) is 29.5 Å². The van der Waals surface area contributed by atoms with Crippen molar-refractivity contribution in [3.05, 3.63) is 11.7 Å². The van der Waals surface area contributed by atoms with Gasteiger partial charge in [-0.25, -0.2) is 0 Å². The highest BCUT2D eigenvalue weighted by Crippen LogP contribution is 2.18. The van der Waals surface area contributed by atoms with E-state index in [-0.39, 0.29) is 18.9 Å². The van der Waals surface area contributed by atoms with Gasteiger partial charge in [0.05, 0.1) is 18.6 Å². The van der Waals surface area contributed by atoms with Gasteiger partial charge in [0.2, 0.25) is 5.89 Å². The summed E-state index contributed by atoms with van der Waals surface area (Å²) < 4.78 is 44.7. The second-order valence-corrected chi connectivity index (χ2v) is 4.20. The van der Waals surface area contributed by atoms with Crippen molar-refractivity contribution in [1.82, 2.24) is 10.1 Å². The van der Waals surface area contributed by atoms with Crippen molar-refractivity contribution in [2.24, 2.45) is 5.73 Å². The third kappa shape index (κ3) is 4.61. The fourth-order valence-corrected chi connectivity index (χ4v) is 1.09. The van der Waals surface area contributed by atoms with Crippen LogP contribution in [-0.2, 0) is 16.7 Å². The summed E-state index contributed by atoms with van der Waals surface area (Å²) in [7, 11) is 0. The molecule has 1 aromatic rings. The van der Waals surface area contributed by atoms with E-state index in [2.05, 4.69) is 14.9 Å². The molecule has 5 nitrogen and oxygen atoms in total. The monoisotopic (exact) mass is 267 g/mol. The zero-order valence-corrected chi connectivity index (χ0v) is 10.3. The summed E-state index contributed by atoms with van der Waals surface area (Å²) in [4.78, 5) is 4.02. The van der Waals surface area contributed by atoms with Gasteiger partial charge in [-0.15, -0.1) is 0 Å². The first kappa shape index (κ1) is 14.9. The van der Waals surface area contributed by atoms with Crippen LogP contribution in [0.25, 0.3) is 0 Å². The van der Waals surface area contributed by atoms with Gasteiger partial charge >= 0.3 is 6.18 Å². The van der Waals surface area contributed by atoms with Crippen LogP contribution < -0.4 is 5.73 Å². The number of halogens is 3. The number of nitrogens with two attached hydrogens (primary N) is 1. The quantitative estimate of drug-likeness (QED) is 0.795. The minimum Gasteiger partial charge on any atom is -0.372 e. The van der Waals surface area contributed by atoms with Crippen molar-refractivity contribution in [1.29, 1.82) is 0 Å². The molecule has 18 heavy (non-hydrogen) atoms. The van der Waals surface area contributed by atoms with Gasteiger partial charge in [0.25, 0.3) is 0 Å². The number of hydrogen-bond donors (Lipinski definition) is 1. The summed E-state index contributed by atoms with van der Waals surface area (Å²) in [6, 6.07) is 0. The summed E-state index contributed by atoms with van der Waals surface area (Å²) in [5, 5.41) is 3.70. The Bertz CT molecular complexity index is 377. The predicted octanol–water partition coefficient (Wildman–Crippen LogP) is 1.77. The Morgan fingerprint density at radius 3 is 2.61 bits per heavy atom. The summed E-state index contributed by atoms with van der Waals surface area (Å²) in [5.41, 5.74) is 5.20. The third-order valence-electron chi connectivity index (χ3n) is 2.44. The maximum atomic E-state index is 11.8. The lowest BCUT2D eigenvalue weighted by Gasteiger charge is -2.16. The minimum atomic E-state index is -4.32. The Labute approximate surface area is 102 Å². The standard InChI is InChI=1S/C10H16F3N3O2/c1-3-9(2,14)8-15-7(18-16-8)4-5-17-6-10(11,12)13/h3-6,14H2,1-2H3.